The third-order valence-corrected chi connectivity index (χ3v) is 1.96. The lowest BCUT2D eigenvalue weighted by atomic mass is 10.3. The van der Waals surface area contributed by atoms with Gasteiger partial charge in [0.2, 0.25) is 0 Å². The number of imide groups is 1. The molecular weight excluding hydrogens is 168 g/mol. The molecule has 13 heavy (non-hydrogen) atoms. The number of hydrogen-bond acceptors (Lipinski definition) is 3. The van der Waals surface area contributed by atoms with Crippen molar-refractivity contribution in [3.05, 3.63) is 12.2 Å². The van der Waals surface area contributed by atoms with Gasteiger partial charge in [0.05, 0.1) is 0 Å². The normalized spacial score (nSPS) is 15.9. The molecule has 1 aliphatic rings. The Labute approximate surface area is 77.6 Å². The molecule has 0 aliphatic carbocycles. The lowest BCUT2D eigenvalue weighted by Crippen LogP contribution is -2.31. The number of nitrogens with one attached hydrogen (secondary N) is 1. The van der Waals surface area contributed by atoms with E-state index < -0.39 is 0 Å². The number of nitrogens with zero attached hydrogens (tertiary/aromatic N) is 1. The molecule has 0 spiro atoms. The van der Waals surface area contributed by atoms with E-state index in [1.165, 1.54) is 17.1 Å². The van der Waals surface area contributed by atoms with Crippen molar-refractivity contribution in [3.8, 4) is 0 Å². The SMILES string of the molecule is CNCCCCN1C(=O)C=CC1=O. The van der Waals surface area contributed by atoms with Crippen LogP contribution in [0.15, 0.2) is 12.2 Å². The number of carbonyl (C=O) groups excluding carboxylic acids is 2. The largest absolute Gasteiger partial charge is 0.320 e. The van der Waals surface area contributed by atoms with E-state index in [1.807, 2.05) is 7.05 Å². The minimum absolute atomic E-state index is 0.186. The molecular formula is C9H14N2O2. The molecule has 0 aromatic heterocycles. The summed E-state index contributed by atoms with van der Waals surface area (Å²) < 4.78 is 0. The second kappa shape index (κ2) is 4.77. The minimum Gasteiger partial charge on any atom is -0.320 e. The molecule has 0 saturated heterocycles. The number of hydrogen-bond donors (Lipinski definition) is 1. The van der Waals surface area contributed by atoms with Crippen molar-refractivity contribution in [3.63, 3.8) is 0 Å². The Hall–Kier alpha value is -1.16. The fourth-order valence-electron chi connectivity index (χ4n) is 1.22. The molecule has 0 aromatic carbocycles. The van der Waals surface area contributed by atoms with Crippen LogP contribution in [0, 0.1) is 0 Å². The predicted octanol–water partition coefficient (Wildman–Crippen LogP) is -0.0890. The quantitative estimate of drug-likeness (QED) is 0.477. The molecule has 2 amide bonds. The maximum atomic E-state index is 11.1. The first kappa shape index (κ1) is 9.92. The van der Waals surface area contributed by atoms with Gasteiger partial charge in [0, 0.05) is 18.7 Å². The molecule has 0 unspecified atom stereocenters. The van der Waals surface area contributed by atoms with Crippen molar-refractivity contribution in [2.24, 2.45) is 0 Å². The topological polar surface area (TPSA) is 49.4 Å². The zero-order valence-electron chi connectivity index (χ0n) is 7.75. The van der Waals surface area contributed by atoms with E-state index in [1.54, 1.807) is 0 Å². The first-order valence-corrected chi connectivity index (χ1v) is 4.44. The summed E-state index contributed by atoms with van der Waals surface area (Å²) in [4.78, 5) is 23.4. The molecule has 1 N–H and O–H groups in total. The summed E-state index contributed by atoms with van der Waals surface area (Å²) in [6.07, 6.45) is 4.48. The summed E-state index contributed by atoms with van der Waals surface area (Å²) in [5.41, 5.74) is 0. The van der Waals surface area contributed by atoms with Crippen LogP contribution in [0.5, 0.6) is 0 Å². The fourth-order valence-corrected chi connectivity index (χ4v) is 1.22. The Balaban J connectivity index is 2.22. The van der Waals surface area contributed by atoms with E-state index in [-0.39, 0.29) is 11.8 Å². The van der Waals surface area contributed by atoms with Gasteiger partial charge in [-0.3, -0.25) is 14.5 Å². The second-order valence-electron chi connectivity index (χ2n) is 2.97. The molecule has 1 rings (SSSR count). The Morgan fingerprint density at radius 1 is 1.23 bits per heavy atom. The molecule has 4 nitrogen and oxygen atoms in total. The van der Waals surface area contributed by atoms with E-state index >= 15 is 0 Å². The van der Waals surface area contributed by atoms with Crippen LogP contribution >= 0.6 is 0 Å². The van der Waals surface area contributed by atoms with Gasteiger partial charge in [-0.1, -0.05) is 0 Å². The monoisotopic (exact) mass is 182 g/mol. The lowest BCUT2D eigenvalue weighted by Gasteiger charge is -2.12. The molecule has 0 saturated carbocycles. The highest BCUT2D eigenvalue weighted by Gasteiger charge is 2.21. The number of rotatable bonds is 5. The summed E-state index contributed by atoms with van der Waals surface area (Å²) in [5, 5.41) is 3.01. The first-order valence-electron chi connectivity index (χ1n) is 4.44. The van der Waals surface area contributed by atoms with Crippen molar-refractivity contribution in [1.29, 1.82) is 0 Å². The Morgan fingerprint density at radius 3 is 2.38 bits per heavy atom. The van der Waals surface area contributed by atoms with E-state index in [9.17, 15) is 9.59 Å². The van der Waals surface area contributed by atoms with Gasteiger partial charge < -0.3 is 5.32 Å². The van der Waals surface area contributed by atoms with Gasteiger partial charge >= 0.3 is 0 Å². The van der Waals surface area contributed by atoms with E-state index in [4.69, 9.17) is 0 Å². The average molecular weight is 182 g/mol. The van der Waals surface area contributed by atoms with Gasteiger partial charge in [0.25, 0.3) is 11.8 Å². The molecule has 0 atom stereocenters. The molecule has 1 heterocycles. The van der Waals surface area contributed by atoms with Crippen molar-refractivity contribution in [1.82, 2.24) is 10.2 Å². The van der Waals surface area contributed by atoms with Crippen LogP contribution in [0.1, 0.15) is 12.8 Å². The first-order chi connectivity index (χ1) is 6.25. The highest BCUT2D eigenvalue weighted by molar-refractivity contribution is 6.12. The molecule has 0 bridgehead atoms. The lowest BCUT2D eigenvalue weighted by molar-refractivity contribution is -0.136. The number of carbonyl (C=O) groups is 2. The zero-order valence-corrected chi connectivity index (χ0v) is 7.75. The molecule has 0 aromatic rings. The summed E-state index contributed by atoms with van der Waals surface area (Å²) in [7, 11) is 1.88. The standard InChI is InChI=1S/C9H14N2O2/c1-10-6-2-3-7-11-8(12)4-5-9(11)13/h4-5,10H,2-3,6-7H2,1H3. The van der Waals surface area contributed by atoms with Gasteiger partial charge in [0.1, 0.15) is 0 Å². The van der Waals surface area contributed by atoms with Crippen LogP contribution in [-0.4, -0.2) is 36.9 Å². The summed E-state index contributed by atoms with van der Waals surface area (Å²) in [5.74, 6) is -0.371. The van der Waals surface area contributed by atoms with Crippen molar-refractivity contribution >= 4 is 11.8 Å². The third-order valence-electron chi connectivity index (χ3n) is 1.96. The second-order valence-corrected chi connectivity index (χ2v) is 2.97. The van der Waals surface area contributed by atoms with Crippen LogP contribution in [-0.2, 0) is 9.59 Å². The molecule has 72 valence electrons. The molecule has 0 fully saturated rings. The number of unbranched alkanes of at least 4 members (excludes halogenated alkanes) is 1. The summed E-state index contributed by atoms with van der Waals surface area (Å²) in [6.45, 7) is 1.45. The number of amides is 2. The van der Waals surface area contributed by atoms with Crippen molar-refractivity contribution < 1.29 is 9.59 Å². The van der Waals surface area contributed by atoms with Gasteiger partial charge in [0.15, 0.2) is 0 Å². The van der Waals surface area contributed by atoms with Crippen LogP contribution in [0.3, 0.4) is 0 Å². The minimum atomic E-state index is -0.186. The van der Waals surface area contributed by atoms with Crippen LogP contribution in [0.25, 0.3) is 0 Å². The zero-order chi connectivity index (χ0) is 9.68. The van der Waals surface area contributed by atoms with Crippen LogP contribution < -0.4 is 5.32 Å². The van der Waals surface area contributed by atoms with Crippen LogP contribution in [0.4, 0.5) is 0 Å². The Kier molecular flexibility index (Phi) is 3.64. The Bertz CT molecular complexity index is 218. The predicted molar refractivity (Wildman–Crippen MR) is 49.0 cm³/mol. The van der Waals surface area contributed by atoms with Gasteiger partial charge in [-0.2, -0.15) is 0 Å². The van der Waals surface area contributed by atoms with Gasteiger partial charge in [-0.25, -0.2) is 0 Å². The summed E-state index contributed by atoms with van der Waals surface area (Å²) >= 11 is 0. The molecule has 1 aliphatic heterocycles. The Morgan fingerprint density at radius 2 is 1.85 bits per heavy atom. The summed E-state index contributed by atoms with van der Waals surface area (Å²) in [6, 6.07) is 0. The van der Waals surface area contributed by atoms with Crippen molar-refractivity contribution in [2.75, 3.05) is 20.1 Å². The fraction of sp³-hybridized carbons (Fsp3) is 0.556. The van der Waals surface area contributed by atoms with Gasteiger partial charge in [-0.05, 0) is 26.4 Å². The van der Waals surface area contributed by atoms with E-state index in [2.05, 4.69) is 5.32 Å². The molecule has 0 radical (unpaired) electrons. The van der Waals surface area contributed by atoms with Crippen LogP contribution in [0.2, 0.25) is 0 Å². The van der Waals surface area contributed by atoms with E-state index in [0.717, 1.165) is 19.4 Å². The smallest absolute Gasteiger partial charge is 0.253 e. The maximum Gasteiger partial charge on any atom is 0.253 e. The van der Waals surface area contributed by atoms with E-state index in [0.29, 0.717) is 6.54 Å². The highest BCUT2D eigenvalue weighted by atomic mass is 16.2. The average Bonchev–Trinajstić information content (AvgIpc) is 2.42. The molecule has 4 heteroatoms. The maximum absolute atomic E-state index is 11.1. The highest BCUT2D eigenvalue weighted by Crippen LogP contribution is 2.04. The third kappa shape index (κ3) is 2.66. The van der Waals surface area contributed by atoms with Crippen molar-refractivity contribution in [2.45, 2.75) is 12.8 Å². The van der Waals surface area contributed by atoms with Gasteiger partial charge in [-0.15, -0.1) is 0 Å².